The Balaban J connectivity index is 3.02. The number of benzene rings is 1. The summed E-state index contributed by atoms with van der Waals surface area (Å²) in [5.74, 6) is 0. The monoisotopic (exact) mass is 268 g/mol. The number of anilines is 1. The van der Waals surface area contributed by atoms with Crippen molar-refractivity contribution in [3.05, 3.63) is 33.9 Å². The number of aliphatic hydroxyl groups excluding tert-OH is 2. The first-order valence-corrected chi connectivity index (χ1v) is 6.18. The van der Waals surface area contributed by atoms with Crippen molar-refractivity contribution >= 4 is 11.4 Å². The third-order valence-electron chi connectivity index (χ3n) is 2.97. The van der Waals surface area contributed by atoms with E-state index in [1.165, 1.54) is 6.07 Å². The minimum absolute atomic E-state index is 0.0357. The Hall–Kier alpha value is -1.66. The molecule has 1 rings (SSSR count). The van der Waals surface area contributed by atoms with E-state index in [2.05, 4.69) is 0 Å². The van der Waals surface area contributed by atoms with Crippen LogP contribution < -0.4 is 4.90 Å². The highest BCUT2D eigenvalue weighted by molar-refractivity contribution is 5.64. The van der Waals surface area contributed by atoms with Gasteiger partial charge in [-0.3, -0.25) is 10.1 Å². The van der Waals surface area contributed by atoms with Gasteiger partial charge >= 0.3 is 0 Å². The van der Waals surface area contributed by atoms with Gasteiger partial charge < -0.3 is 15.1 Å². The second kappa shape index (κ2) is 6.49. The minimum atomic E-state index is -0.740. The van der Waals surface area contributed by atoms with Gasteiger partial charge in [-0.05, 0) is 31.9 Å². The van der Waals surface area contributed by atoms with E-state index in [9.17, 15) is 20.3 Å². The lowest BCUT2D eigenvalue weighted by Gasteiger charge is -2.20. The zero-order valence-electron chi connectivity index (χ0n) is 11.4. The highest BCUT2D eigenvalue weighted by Crippen LogP contribution is 2.30. The van der Waals surface area contributed by atoms with E-state index in [0.717, 1.165) is 0 Å². The van der Waals surface area contributed by atoms with Crippen LogP contribution in [0.4, 0.5) is 11.4 Å². The summed E-state index contributed by atoms with van der Waals surface area (Å²) in [4.78, 5) is 12.4. The Morgan fingerprint density at radius 2 is 2.00 bits per heavy atom. The average Bonchev–Trinajstić information content (AvgIpc) is 2.34. The van der Waals surface area contributed by atoms with Crippen molar-refractivity contribution in [1.82, 2.24) is 0 Å². The predicted molar refractivity (Wildman–Crippen MR) is 73.3 cm³/mol. The second-order valence-corrected chi connectivity index (χ2v) is 4.74. The van der Waals surface area contributed by atoms with E-state index in [4.69, 9.17) is 0 Å². The Morgan fingerprint density at radius 3 is 2.47 bits per heavy atom. The molecule has 1 unspecified atom stereocenters. The lowest BCUT2D eigenvalue weighted by atomic mass is 10.1. The summed E-state index contributed by atoms with van der Waals surface area (Å²) >= 11 is 0. The quantitative estimate of drug-likeness (QED) is 0.607. The molecule has 0 bridgehead atoms. The van der Waals surface area contributed by atoms with E-state index >= 15 is 0 Å². The highest BCUT2D eigenvalue weighted by Gasteiger charge is 2.19. The maximum Gasteiger partial charge on any atom is 0.292 e. The molecule has 0 saturated carbocycles. The van der Waals surface area contributed by atoms with Crippen molar-refractivity contribution in [3.63, 3.8) is 0 Å². The molecule has 0 spiro atoms. The van der Waals surface area contributed by atoms with Crippen molar-refractivity contribution in [1.29, 1.82) is 0 Å². The van der Waals surface area contributed by atoms with Crippen LogP contribution in [0.25, 0.3) is 0 Å². The molecule has 0 aliphatic heterocycles. The van der Waals surface area contributed by atoms with Gasteiger partial charge in [0.1, 0.15) is 5.69 Å². The fourth-order valence-corrected chi connectivity index (χ4v) is 1.77. The first kappa shape index (κ1) is 15.4. The predicted octanol–water partition coefficient (Wildman–Crippen LogP) is 1.86. The molecular weight excluding hydrogens is 248 g/mol. The molecule has 0 aliphatic carbocycles. The number of nitrogens with zero attached hydrogens (tertiary/aromatic N) is 2. The smallest absolute Gasteiger partial charge is 0.292 e. The summed E-state index contributed by atoms with van der Waals surface area (Å²) in [5, 5.41) is 29.8. The third kappa shape index (κ3) is 4.18. The van der Waals surface area contributed by atoms with Gasteiger partial charge in [0.05, 0.1) is 17.1 Å². The summed E-state index contributed by atoms with van der Waals surface area (Å²) in [6.45, 7) is 3.77. The van der Waals surface area contributed by atoms with Gasteiger partial charge in [0.2, 0.25) is 0 Å². The van der Waals surface area contributed by atoms with Crippen molar-refractivity contribution in [2.24, 2.45) is 0 Å². The minimum Gasteiger partial charge on any atom is -0.393 e. The lowest BCUT2D eigenvalue weighted by Crippen LogP contribution is -2.22. The highest BCUT2D eigenvalue weighted by atomic mass is 16.6. The zero-order chi connectivity index (χ0) is 14.6. The molecule has 2 N–H and O–H groups in total. The maximum absolute atomic E-state index is 11.1. The SMILES string of the molecule is CC(O)CCN(C)c1ccc([C@@H](C)O)cc1[N+](=O)[O-]. The molecule has 0 aliphatic rings. The van der Waals surface area contributed by atoms with Crippen LogP contribution in [-0.4, -0.2) is 34.8 Å². The number of rotatable bonds is 6. The van der Waals surface area contributed by atoms with Crippen LogP contribution in [0.5, 0.6) is 0 Å². The number of aliphatic hydroxyl groups is 2. The van der Waals surface area contributed by atoms with Crippen molar-refractivity contribution in [2.45, 2.75) is 32.5 Å². The second-order valence-electron chi connectivity index (χ2n) is 4.74. The van der Waals surface area contributed by atoms with E-state index in [-0.39, 0.29) is 5.69 Å². The van der Waals surface area contributed by atoms with Gasteiger partial charge in [-0.25, -0.2) is 0 Å². The Morgan fingerprint density at radius 1 is 1.37 bits per heavy atom. The van der Waals surface area contributed by atoms with Crippen molar-refractivity contribution in [2.75, 3.05) is 18.5 Å². The summed E-state index contributed by atoms with van der Waals surface area (Å²) in [6, 6.07) is 4.69. The van der Waals surface area contributed by atoms with E-state index in [1.54, 1.807) is 37.9 Å². The Bertz CT molecular complexity index is 446. The Kier molecular flexibility index (Phi) is 5.26. The van der Waals surface area contributed by atoms with E-state index < -0.39 is 17.1 Å². The molecular formula is C13H20N2O4. The number of hydrogen-bond donors (Lipinski definition) is 2. The zero-order valence-corrected chi connectivity index (χ0v) is 11.4. The van der Waals surface area contributed by atoms with Crippen LogP contribution >= 0.6 is 0 Å². The first-order valence-electron chi connectivity index (χ1n) is 6.18. The maximum atomic E-state index is 11.1. The molecule has 0 fully saturated rings. The van der Waals surface area contributed by atoms with Gasteiger partial charge in [0.15, 0.2) is 0 Å². The lowest BCUT2D eigenvalue weighted by molar-refractivity contribution is -0.384. The van der Waals surface area contributed by atoms with Crippen LogP contribution in [0.2, 0.25) is 0 Å². The molecule has 19 heavy (non-hydrogen) atoms. The van der Waals surface area contributed by atoms with E-state index in [1.807, 2.05) is 0 Å². The summed E-state index contributed by atoms with van der Waals surface area (Å²) < 4.78 is 0. The third-order valence-corrected chi connectivity index (χ3v) is 2.97. The molecule has 6 nitrogen and oxygen atoms in total. The number of hydrogen-bond acceptors (Lipinski definition) is 5. The van der Waals surface area contributed by atoms with Gasteiger partial charge in [-0.2, -0.15) is 0 Å². The van der Waals surface area contributed by atoms with Crippen LogP contribution in [0, 0.1) is 10.1 Å². The van der Waals surface area contributed by atoms with Gasteiger partial charge in [-0.1, -0.05) is 6.07 Å². The largest absolute Gasteiger partial charge is 0.393 e. The van der Waals surface area contributed by atoms with Crippen molar-refractivity contribution < 1.29 is 15.1 Å². The van der Waals surface area contributed by atoms with Gasteiger partial charge in [0, 0.05) is 19.7 Å². The molecule has 0 heterocycles. The van der Waals surface area contributed by atoms with E-state index in [0.29, 0.717) is 24.2 Å². The van der Waals surface area contributed by atoms with Crippen LogP contribution in [-0.2, 0) is 0 Å². The Labute approximate surface area is 112 Å². The topological polar surface area (TPSA) is 86.8 Å². The molecule has 0 radical (unpaired) electrons. The molecule has 106 valence electrons. The molecule has 6 heteroatoms. The molecule has 0 saturated heterocycles. The number of nitro groups is 1. The van der Waals surface area contributed by atoms with Crippen LogP contribution in [0.1, 0.15) is 31.9 Å². The van der Waals surface area contributed by atoms with Gasteiger partial charge in [0.25, 0.3) is 5.69 Å². The summed E-state index contributed by atoms with van der Waals surface area (Å²) in [5.41, 5.74) is 0.959. The fourth-order valence-electron chi connectivity index (χ4n) is 1.77. The van der Waals surface area contributed by atoms with Crippen LogP contribution in [0.3, 0.4) is 0 Å². The summed E-state index contributed by atoms with van der Waals surface area (Å²) in [7, 11) is 1.74. The molecule has 2 atom stereocenters. The average molecular weight is 268 g/mol. The normalized spacial score (nSPS) is 13.9. The molecule has 1 aromatic carbocycles. The molecule has 0 amide bonds. The molecule has 1 aromatic rings. The fraction of sp³-hybridized carbons (Fsp3) is 0.538. The molecule has 0 aromatic heterocycles. The number of nitro benzene ring substituents is 1. The standard InChI is InChI=1S/C13H20N2O4/c1-9(16)6-7-14(3)12-5-4-11(10(2)17)8-13(12)15(18)19/h4-5,8-10,16-17H,6-7H2,1-3H3/t9?,10-/m1/s1. The van der Waals surface area contributed by atoms with Gasteiger partial charge in [-0.15, -0.1) is 0 Å². The van der Waals surface area contributed by atoms with Crippen LogP contribution in [0.15, 0.2) is 18.2 Å². The van der Waals surface area contributed by atoms with Crippen molar-refractivity contribution in [3.8, 4) is 0 Å². The first-order chi connectivity index (χ1) is 8.82. The summed E-state index contributed by atoms with van der Waals surface area (Å²) in [6.07, 6.45) is -0.653.